The van der Waals surface area contributed by atoms with Crippen LogP contribution in [0, 0.1) is 0 Å². The molecule has 1 aliphatic heterocycles. The molecule has 4 aromatic heterocycles. The minimum absolute atomic E-state index is 0.198. The Morgan fingerprint density at radius 3 is 1.63 bits per heavy atom. The standard InChI is InChI=1S/C48H30N6/c1-2-14-31(15-3-1)40-28-51-47-43(52-40)39-25-11-23-37-36-22-10-24-38-42-46(50-27-26-49-42)53(44(36)38)48(54(47)45(37)39)41(34-20-8-16-29-12-4-6-18-32(29)34)35-21-9-17-30-13-5-7-19-33(30)35/h1-28,41,48H. The van der Waals surface area contributed by atoms with Crippen molar-refractivity contribution in [3.05, 3.63) is 181 Å². The summed E-state index contributed by atoms with van der Waals surface area (Å²) in [7, 11) is 0. The molecule has 7 aromatic carbocycles. The van der Waals surface area contributed by atoms with Gasteiger partial charge in [-0.3, -0.25) is 4.98 Å². The molecule has 6 nitrogen and oxygen atoms in total. The molecule has 6 heteroatoms. The van der Waals surface area contributed by atoms with E-state index in [0.717, 1.165) is 66.5 Å². The highest BCUT2D eigenvalue weighted by Crippen LogP contribution is 2.52. The Balaban J connectivity index is 1.32. The van der Waals surface area contributed by atoms with Crippen LogP contribution in [-0.2, 0) is 0 Å². The van der Waals surface area contributed by atoms with Crippen molar-refractivity contribution in [3.63, 3.8) is 0 Å². The van der Waals surface area contributed by atoms with Gasteiger partial charge in [0.2, 0.25) is 0 Å². The SMILES string of the molecule is c1ccc(-c2cnc3c(n2)c2cccc4c2n3C(C(c2cccc3ccccc23)c2cccc3ccccc23)n2c3nccnc3c3cccc-4c32)cc1. The lowest BCUT2D eigenvalue weighted by Gasteiger charge is -2.33. The van der Waals surface area contributed by atoms with Crippen LogP contribution in [0.2, 0.25) is 0 Å². The predicted octanol–water partition coefficient (Wildman–Crippen LogP) is 11.3. The Hall–Kier alpha value is -7.18. The van der Waals surface area contributed by atoms with Crippen LogP contribution in [0.25, 0.3) is 88.1 Å². The van der Waals surface area contributed by atoms with E-state index in [1.807, 2.05) is 18.5 Å². The molecule has 0 spiro atoms. The van der Waals surface area contributed by atoms with E-state index in [-0.39, 0.29) is 12.1 Å². The van der Waals surface area contributed by atoms with E-state index in [4.69, 9.17) is 19.9 Å². The van der Waals surface area contributed by atoms with E-state index in [0.29, 0.717) is 0 Å². The van der Waals surface area contributed by atoms with Gasteiger partial charge in [0.15, 0.2) is 11.3 Å². The zero-order chi connectivity index (χ0) is 35.3. The molecule has 1 atom stereocenters. The van der Waals surface area contributed by atoms with Gasteiger partial charge in [0.05, 0.1) is 28.8 Å². The van der Waals surface area contributed by atoms with Crippen LogP contribution >= 0.6 is 0 Å². The highest BCUT2D eigenvalue weighted by molar-refractivity contribution is 6.17. The fourth-order valence-corrected chi connectivity index (χ4v) is 9.28. The second-order valence-corrected chi connectivity index (χ2v) is 14.2. The van der Waals surface area contributed by atoms with Gasteiger partial charge in [0.25, 0.3) is 0 Å². The largest absolute Gasteiger partial charge is 0.301 e. The first-order valence-corrected chi connectivity index (χ1v) is 18.4. The Bertz CT molecular complexity index is 3210. The number of aromatic nitrogens is 6. The van der Waals surface area contributed by atoms with Crippen LogP contribution in [0.15, 0.2) is 170 Å². The van der Waals surface area contributed by atoms with Gasteiger partial charge in [0, 0.05) is 39.9 Å². The molecular formula is C48H30N6. The summed E-state index contributed by atoms with van der Waals surface area (Å²) in [6.45, 7) is 0. The van der Waals surface area contributed by atoms with Crippen molar-refractivity contribution in [3.8, 4) is 22.4 Å². The zero-order valence-electron chi connectivity index (χ0n) is 29.0. The summed E-state index contributed by atoms with van der Waals surface area (Å²) < 4.78 is 4.94. The number of para-hydroxylation sites is 2. The van der Waals surface area contributed by atoms with Crippen LogP contribution in [0.1, 0.15) is 23.2 Å². The van der Waals surface area contributed by atoms with Gasteiger partial charge in [-0.05, 0) is 32.7 Å². The van der Waals surface area contributed by atoms with E-state index in [2.05, 4.69) is 155 Å². The molecule has 11 aromatic rings. The summed E-state index contributed by atoms with van der Waals surface area (Å²) in [5.41, 5.74) is 12.3. The Labute approximate surface area is 309 Å². The average Bonchev–Trinajstić information content (AvgIpc) is 3.71. The molecule has 1 aliphatic rings. The molecule has 5 heterocycles. The molecule has 0 N–H and O–H groups in total. The van der Waals surface area contributed by atoms with Crippen molar-refractivity contribution >= 4 is 65.7 Å². The van der Waals surface area contributed by atoms with Crippen molar-refractivity contribution in [1.82, 2.24) is 29.1 Å². The van der Waals surface area contributed by atoms with E-state index < -0.39 is 0 Å². The van der Waals surface area contributed by atoms with E-state index in [9.17, 15) is 0 Å². The highest BCUT2D eigenvalue weighted by Gasteiger charge is 2.39. The van der Waals surface area contributed by atoms with Gasteiger partial charge in [-0.2, -0.15) is 0 Å². The predicted molar refractivity (Wildman–Crippen MR) is 219 cm³/mol. The summed E-state index contributed by atoms with van der Waals surface area (Å²) in [5.74, 6) is -0.198. The molecular weight excluding hydrogens is 661 g/mol. The van der Waals surface area contributed by atoms with Crippen LogP contribution < -0.4 is 0 Å². The molecule has 0 bridgehead atoms. The molecule has 0 aliphatic carbocycles. The van der Waals surface area contributed by atoms with Crippen LogP contribution in [0.5, 0.6) is 0 Å². The lowest BCUT2D eigenvalue weighted by molar-refractivity contribution is 0.428. The van der Waals surface area contributed by atoms with Crippen molar-refractivity contribution < 1.29 is 0 Å². The quantitative estimate of drug-likeness (QED) is 0.184. The minimum Gasteiger partial charge on any atom is -0.301 e. The van der Waals surface area contributed by atoms with Crippen LogP contribution in [0.4, 0.5) is 0 Å². The number of hydrogen-bond donors (Lipinski definition) is 0. The smallest absolute Gasteiger partial charge is 0.161 e. The second kappa shape index (κ2) is 11.2. The fraction of sp³-hybridized carbons (Fsp3) is 0.0417. The molecule has 54 heavy (non-hydrogen) atoms. The first kappa shape index (κ1) is 29.4. The normalized spacial score (nSPS) is 13.9. The molecule has 0 radical (unpaired) electrons. The van der Waals surface area contributed by atoms with Gasteiger partial charge < -0.3 is 9.13 Å². The summed E-state index contributed by atoms with van der Waals surface area (Å²) in [5, 5.41) is 6.99. The summed E-state index contributed by atoms with van der Waals surface area (Å²) >= 11 is 0. The van der Waals surface area contributed by atoms with E-state index in [1.165, 1.54) is 32.7 Å². The van der Waals surface area contributed by atoms with Crippen LogP contribution in [0.3, 0.4) is 0 Å². The molecule has 0 amide bonds. The fourth-order valence-electron chi connectivity index (χ4n) is 9.28. The third-order valence-electron chi connectivity index (χ3n) is 11.5. The summed E-state index contributed by atoms with van der Waals surface area (Å²) in [6, 6.07) is 54.5. The first-order valence-electron chi connectivity index (χ1n) is 18.4. The zero-order valence-corrected chi connectivity index (χ0v) is 29.0. The topological polar surface area (TPSA) is 61.4 Å². The van der Waals surface area contributed by atoms with Gasteiger partial charge in [0.1, 0.15) is 17.2 Å². The van der Waals surface area contributed by atoms with Crippen molar-refractivity contribution in [2.24, 2.45) is 0 Å². The Kier molecular flexibility index (Phi) is 6.08. The summed E-state index contributed by atoms with van der Waals surface area (Å²) in [4.78, 5) is 20.9. The number of nitrogens with zero attached hydrogens (tertiary/aromatic N) is 6. The maximum atomic E-state index is 5.42. The van der Waals surface area contributed by atoms with E-state index in [1.54, 1.807) is 6.20 Å². The highest BCUT2D eigenvalue weighted by atomic mass is 15.3. The van der Waals surface area contributed by atoms with Gasteiger partial charge in [-0.25, -0.2) is 15.0 Å². The van der Waals surface area contributed by atoms with Crippen LogP contribution in [-0.4, -0.2) is 29.1 Å². The third-order valence-corrected chi connectivity index (χ3v) is 11.5. The molecule has 0 fully saturated rings. The lowest BCUT2D eigenvalue weighted by Crippen LogP contribution is -2.26. The third kappa shape index (κ3) is 3.99. The van der Waals surface area contributed by atoms with Crippen molar-refractivity contribution in [2.45, 2.75) is 12.1 Å². The number of rotatable bonds is 4. The maximum Gasteiger partial charge on any atom is 0.161 e. The second-order valence-electron chi connectivity index (χ2n) is 14.2. The Morgan fingerprint density at radius 2 is 0.963 bits per heavy atom. The van der Waals surface area contributed by atoms with Gasteiger partial charge >= 0.3 is 0 Å². The molecule has 252 valence electrons. The monoisotopic (exact) mass is 690 g/mol. The van der Waals surface area contributed by atoms with Gasteiger partial charge in [-0.15, -0.1) is 0 Å². The first-order chi connectivity index (χ1) is 26.8. The van der Waals surface area contributed by atoms with Crippen molar-refractivity contribution in [1.29, 1.82) is 0 Å². The number of hydrogen-bond acceptors (Lipinski definition) is 4. The number of benzene rings is 7. The van der Waals surface area contributed by atoms with Crippen molar-refractivity contribution in [2.75, 3.05) is 0 Å². The average molecular weight is 691 g/mol. The maximum absolute atomic E-state index is 5.42. The lowest BCUT2D eigenvalue weighted by atomic mass is 9.82. The molecule has 0 saturated heterocycles. The Morgan fingerprint density at radius 1 is 0.444 bits per heavy atom. The van der Waals surface area contributed by atoms with Gasteiger partial charge in [-0.1, -0.05) is 152 Å². The minimum atomic E-state index is -0.361. The van der Waals surface area contributed by atoms with E-state index >= 15 is 0 Å². The molecule has 1 unspecified atom stereocenters. The molecule has 0 saturated carbocycles. The molecule has 12 rings (SSSR count). The number of fused-ring (bicyclic) bond motifs is 9. The summed E-state index contributed by atoms with van der Waals surface area (Å²) in [6.07, 6.45) is 5.20.